The van der Waals surface area contributed by atoms with Gasteiger partial charge < -0.3 is 4.90 Å². The van der Waals surface area contributed by atoms with E-state index in [2.05, 4.69) is 118 Å². The highest BCUT2D eigenvalue weighted by molar-refractivity contribution is 9.10. The predicted molar refractivity (Wildman–Crippen MR) is 122 cm³/mol. The van der Waals surface area contributed by atoms with E-state index in [1.165, 1.54) is 25.9 Å². The lowest BCUT2D eigenvalue weighted by molar-refractivity contribution is 1.29. The van der Waals surface area contributed by atoms with Gasteiger partial charge in [0.15, 0.2) is 0 Å². The third-order valence-electron chi connectivity index (χ3n) is 4.70. The normalized spacial score (nSPS) is 11.1. The molecule has 1 heterocycles. The number of para-hydroxylation sites is 2. The molecular formula is C24H16BrNS. The number of rotatable bonds is 3. The zero-order chi connectivity index (χ0) is 18.2. The van der Waals surface area contributed by atoms with Crippen LogP contribution in [0.2, 0.25) is 0 Å². The van der Waals surface area contributed by atoms with Crippen molar-refractivity contribution in [2.24, 2.45) is 0 Å². The number of hydrogen-bond acceptors (Lipinski definition) is 2. The van der Waals surface area contributed by atoms with Gasteiger partial charge in [-0.3, -0.25) is 0 Å². The van der Waals surface area contributed by atoms with E-state index in [1.54, 1.807) is 0 Å². The molecule has 4 aromatic carbocycles. The molecule has 0 spiro atoms. The van der Waals surface area contributed by atoms with Gasteiger partial charge in [0, 0.05) is 41.7 Å². The van der Waals surface area contributed by atoms with E-state index in [0.29, 0.717) is 0 Å². The fourth-order valence-electron chi connectivity index (χ4n) is 3.48. The van der Waals surface area contributed by atoms with Gasteiger partial charge in [-0.05, 0) is 60.7 Å². The standard InChI is InChI=1S/C24H16BrNS/c25-17-11-13-23-21(15-17)22-16-20(12-14-24(22)27-23)26(18-7-3-1-4-8-18)19-9-5-2-6-10-19/h1-16H. The third kappa shape index (κ3) is 3.03. The van der Waals surface area contributed by atoms with Crippen LogP contribution < -0.4 is 4.90 Å². The van der Waals surface area contributed by atoms with Crippen molar-refractivity contribution in [1.29, 1.82) is 0 Å². The largest absolute Gasteiger partial charge is 0.310 e. The fraction of sp³-hybridized carbons (Fsp3) is 0. The highest BCUT2D eigenvalue weighted by Crippen LogP contribution is 2.40. The summed E-state index contributed by atoms with van der Waals surface area (Å²) in [5.41, 5.74) is 3.48. The highest BCUT2D eigenvalue weighted by Gasteiger charge is 2.14. The summed E-state index contributed by atoms with van der Waals surface area (Å²) in [5.74, 6) is 0. The number of fused-ring (bicyclic) bond motifs is 3. The first-order valence-electron chi connectivity index (χ1n) is 8.82. The molecule has 5 rings (SSSR count). The van der Waals surface area contributed by atoms with E-state index < -0.39 is 0 Å². The molecule has 1 aromatic heterocycles. The summed E-state index contributed by atoms with van der Waals surface area (Å²) in [6, 6.07) is 34.3. The highest BCUT2D eigenvalue weighted by atomic mass is 79.9. The van der Waals surface area contributed by atoms with Crippen LogP contribution in [0.5, 0.6) is 0 Å². The molecule has 0 saturated carbocycles. The molecule has 0 saturated heterocycles. The minimum absolute atomic E-state index is 1.11. The van der Waals surface area contributed by atoms with Crippen LogP contribution >= 0.6 is 27.3 Å². The Kier molecular flexibility index (Phi) is 4.19. The molecule has 0 fully saturated rings. The number of benzene rings is 4. The summed E-state index contributed by atoms with van der Waals surface area (Å²) in [6.07, 6.45) is 0. The molecule has 130 valence electrons. The Bertz CT molecular complexity index is 1190. The number of nitrogens with zero attached hydrogens (tertiary/aromatic N) is 1. The Hall–Kier alpha value is -2.62. The lowest BCUT2D eigenvalue weighted by Gasteiger charge is -2.25. The monoisotopic (exact) mass is 429 g/mol. The molecule has 0 radical (unpaired) electrons. The maximum Gasteiger partial charge on any atom is 0.0468 e. The first kappa shape index (κ1) is 16.5. The second-order valence-electron chi connectivity index (χ2n) is 6.43. The maximum atomic E-state index is 3.62. The summed E-state index contributed by atoms with van der Waals surface area (Å²) in [7, 11) is 0. The van der Waals surface area contributed by atoms with Gasteiger partial charge >= 0.3 is 0 Å². The summed E-state index contributed by atoms with van der Waals surface area (Å²) < 4.78 is 3.74. The number of anilines is 3. The van der Waals surface area contributed by atoms with E-state index in [9.17, 15) is 0 Å². The molecule has 0 aliphatic rings. The van der Waals surface area contributed by atoms with Crippen molar-refractivity contribution in [2.45, 2.75) is 0 Å². The van der Waals surface area contributed by atoms with Crippen LogP contribution in [0.15, 0.2) is 102 Å². The maximum absolute atomic E-state index is 3.62. The smallest absolute Gasteiger partial charge is 0.0468 e. The van der Waals surface area contributed by atoms with Crippen molar-refractivity contribution >= 4 is 64.5 Å². The van der Waals surface area contributed by atoms with Gasteiger partial charge in [0.1, 0.15) is 0 Å². The van der Waals surface area contributed by atoms with Gasteiger partial charge in [0.2, 0.25) is 0 Å². The van der Waals surface area contributed by atoms with E-state index in [0.717, 1.165) is 15.8 Å². The molecule has 0 bridgehead atoms. The number of halogens is 1. The van der Waals surface area contributed by atoms with Crippen molar-refractivity contribution in [1.82, 2.24) is 0 Å². The zero-order valence-corrected chi connectivity index (χ0v) is 16.9. The molecule has 0 atom stereocenters. The molecule has 1 nitrogen and oxygen atoms in total. The van der Waals surface area contributed by atoms with Crippen LogP contribution in [0, 0.1) is 0 Å². The lowest BCUT2D eigenvalue weighted by atomic mass is 10.1. The Morgan fingerprint density at radius 1 is 0.556 bits per heavy atom. The van der Waals surface area contributed by atoms with Crippen molar-refractivity contribution in [2.75, 3.05) is 4.90 Å². The third-order valence-corrected chi connectivity index (χ3v) is 6.35. The summed E-state index contributed by atoms with van der Waals surface area (Å²) in [5, 5.41) is 2.60. The van der Waals surface area contributed by atoms with Crippen molar-refractivity contribution < 1.29 is 0 Å². The first-order valence-corrected chi connectivity index (χ1v) is 10.4. The molecule has 5 aromatic rings. The Balaban J connectivity index is 1.75. The summed E-state index contributed by atoms with van der Waals surface area (Å²) in [6.45, 7) is 0. The van der Waals surface area contributed by atoms with Gasteiger partial charge in [-0.15, -0.1) is 11.3 Å². The summed E-state index contributed by atoms with van der Waals surface area (Å²) >= 11 is 5.46. The van der Waals surface area contributed by atoms with E-state index in [4.69, 9.17) is 0 Å². The molecule has 3 heteroatoms. The summed E-state index contributed by atoms with van der Waals surface area (Å²) in [4.78, 5) is 2.31. The quantitative estimate of drug-likeness (QED) is 0.278. The second kappa shape index (κ2) is 6.84. The zero-order valence-electron chi connectivity index (χ0n) is 14.5. The predicted octanol–water partition coefficient (Wildman–Crippen LogP) is 8.29. The molecule has 0 N–H and O–H groups in total. The lowest BCUT2D eigenvalue weighted by Crippen LogP contribution is -2.09. The Morgan fingerprint density at radius 2 is 1.11 bits per heavy atom. The Labute approximate surface area is 170 Å². The topological polar surface area (TPSA) is 3.24 Å². The van der Waals surface area contributed by atoms with Crippen molar-refractivity contribution in [3.8, 4) is 0 Å². The minimum Gasteiger partial charge on any atom is -0.310 e. The van der Waals surface area contributed by atoms with Gasteiger partial charge in [-0.1, -0.05) is 52.3 Å². The first-order chi connectivity index (χ1) is 13.3. The minimum atomic E-state index is 1.11. The average Bonchev–Trinajstić information content (AvgIpc) is 3.07. The Morgan fingerprint density at radius 3 is 1.74 bits per heavy atom. The van der Waals surface area contributed by atoms with E-state index >= 15 is 0 Å². The fourth-order valence-corrected chi connectivity index (χ4v) is 4.91. The van der Waals surface area contributed by atoms with Gasteiger partial charge in [-0.2, -0.15) is 0 Å². The molecular weight excluding hydrogens is 414 g/mol. The van der Waals surface area contributed by atoms with Crippen LogP contribution in [-0.2, 0) is 0 Å². The number of hydrogen-bond donors (Lipinski definition) is 0. The van der Waals surface area contributed by atoms with Crippen LogP contribution in [-0.4, -0.2) is 0 Å². The SMILES string of the molecule is Brc1ccc2sc3ccc(N(c4ccccc4)c4ccccc4)cc3c2c1. The van der Waals surface area contributed by atoms with Crippen LogP contribution in [0.1, 0.15) is 0 Å². The van der Waals surface area contributed by atoms with Gasteiger partial charge in [0.25, 0.3) is 0 Å². The molecule has 0 aliphatic carbocycles. The van der Waals surface area contributed by atoms with E-state index in [1.807, 2.05) is 11.3 Å². The molecule has 27 heavy (non-hydrogen) atoms. The second-order valence-corrected chi connectivity index (χ2v) is 8.43. The van der Waals surface area contributed by atoms with Crippen molar-refractivity contribution in [3.05, 3.63) is 102 Å². The number of thiophene rings is 1. The van der Waals surface area contributed by atoms with Gasteiger partial charge in [0.05, 0.1) is 0 Å². The van der Waals surface area contributed by atoms with E-state index in [-0.39, 0.29) is 0 Å². The molecule has 0 unspecified atom stereocenters. The average molecular weight is 430 g/mol. The van der Waals surface area contributed by atoms with Crippen LogP contribution in [0.3, 0.4) is 0 Å². The van der Waals surface area contributed by atoms with Gasteiger partial charge in [-0.25, -0.2) is 0 Å². The molecule has 0 amide bonds. The van der Waals surface area contributed by atoms with Crippen molar-refractivity contribution in [3.63, 3.8) is 0 Å². The molecule has 0 aliphatic heterocycles. The van der Waals surface area contributed by atoms with Crippen LogP contribution in [0.4, 0.5) is 17.1 Å². The van der Waals surface area contributed by atoms with Crippen LogP contribution in [0.25, 0.3) is 20.2 Å².